The highest BCUT2D eigenvalue weighted by Crippen LogP contribution is 2.38. The third kappa shape index (κ3) is 4.62. The minimum Gasteiger partial charge on any atom is -0.325 e. The number of imide groups is 1. The first-order chi connectivity index (χ1) is 15.2. The minimum absolute atomic E-state index is 0.0246. The lowest BCUT2D eigenvalue weighted by Crippen LogP contribution is -2.34. The van der Waals surface area contributed by atoms with Gasteiger partial charge in [0.2, 0.25) is 0 Å². The van der Waals surface area contributed by atoms with Crippen molar-refractivity contribution < 1.29 is 22.8 Å². The van der Waals surface area contributed by atoms with Crippen LogP contribution in [0.3, 0.4) is 0 Å². The lowest BCUT2D eigenvalue weighted by Gasteiger charge is -2.19. The molecule has 5 nitrogen and oxygen atoms in total. The molecule has 2 atom stereocenters. The predicted octanol–water partition coefficient (Wildman–Crippen LogP) is 5.59. The van der Waals surface area contributed by atoms with Gasteiger partial charge in [0.1, 0.15) is 6.04 Å². The Bertz CT molecular complexity index is 1140. The zero-order valence-electron chi connectivity index (χ0n) is 16.8. The standard InChI is InChI=1S/C23H18F3N3O2S/c1-14(16-11-12-27-19(13-16)15-5-3-2-4-6-15)20-21(30)29(22(31)28-20)17-7-9-18(10-8-17)32-23(24,25)26/h2-14,20H,1H3,(H,28,31). The van der Waals surface area contributed by atoms with Crippen molar-refractivity contribution in [3.63, 3.8) is 0 Å². The van der Waals surface area contributed by atoms with Crippen LogP contribution in [0.4, 0.5) is 23.7 Å². The van der Waals surface area contributed by atoms with Gasteiger partial charge in [-0.1, -0.05) is 37.3 Å². The van der Waals surface area contributed by atoms with Gasteiger partial charge in [-0.25, -0.2) is 9.69 Å². The highest BCUT2D eigenvalue weighted by Gasteiger charge is 2.42. The fourth-order valence-electron chi connectivity index (χ4n) is 3.57. The summed E-state index contributed by atoms with van der Waals surface area (Å²) in [6.07, 6.45) is 1.66. The molecule has 2 heterocycles. The smallest absolute Gasteiger partial charge is 0.325 e. The maximum absolute atomic E-state index is 13.0. The average molecular weight is 457 g/mol. The van der Waals surface area contributed by atoms with Crippen molar-refractivity contribution in [2.75, 3.05) is 4.90 Å². The van der Waals surface area contributed by atoms with Crippen molar-refractivity contribution in [1.82, 2.24) is 10.3 Å². The fraction of sp³-hybridized carbons (Fsp3) is 0.174. The van der Waals surface area contributed by atoms with Crippen LogP contribution in [-0.4, -0.2) is 28.5 Å². The van der Waals surface area contributed by atoms with Crippen LogP contribution in [0.1, 0.15) is 18.4 Å². The van der Waals surface area contributed by atoms with Crippen molar-refractivity contribution in [1.29, 1.82) is 0 Å². The summed E-state index contributed by atoms with van der Waals surface area (Å²) >= 11 is -0.254. The Hall–Kier alpha value is -3.33. The van der Waals surface area contributed by atoms with Gasteiger partial charge in [-0.3, -0.25) is 9.78 Å². The molecule has 32 heavy (non-hydrogen) atoms. The van der Waals surface area contributed by atoms with Gasteiger partial charge in [0.25, 0.3) is 5.91 Å². The summed E-state index contributed by atoms with van der Waals surface area (Å²) in [6, 6.07) is 17.0. The summed E-state index contributed by atoms with van der Waals surface area (Å²) in [4.78, 5) is 30.9. The fourth-order valence-corrected chi connectivity index (χ4v) is 4.11. The molecule has 3 amide bonds. The molecular formula is C23H18F3N3O2S. The van der Waals surface area contributed by atoms with Crippen molar-refractivity contribution in [3.8, 4) is 11.3 Å². The van der Waals surface area contributed by atoms with Gasteiger partial charge in [-0.2, -0.15) is 13.2 Å². The molecule has 1 fully saturated rings. The summed E-state index contributed by atoms with van der Waals surface area (Å²) in [6.45, 7) is 1.83. The molecule has 1 aliphatic heterocycles. The molecule has 2 aromatic carbocycles. The van der Waals surface area contributed by atoms with Crippen LogP contribution in [-0.2, 0) is 4.79 Å². The van der Waals surface area contributed by atoms with E-state index in [0.29, 0.717) is 0 Å². The average Bonchev–Trinajstić information content (AvgIpc) is 3.07. The van der Waals surface area contributed by atoms with Gasteiger partial charge < -0.3 is 5.32 Å². The second-order valence-corrected chi connectivity index (χ2v) is 8.41. The molecule has 0 spiro atoms. The topological polar surface area (TPSA) is 62.3 Å². The highest BCUT2D eigenvalue weighted by atomic mass is 32.2. The summed E-state index contributed by atoms with van der Waals surface area (Å²) in [5.41, 5.74) is -1.68. The molecule has 4 rings (SSSR count). The zero-order chi connectivity index (χ0) is 22.9. The summed E-state index contributed by atoms with van der Waals surface area (Å²) < 4.78 is 37.6. The molecule has 0 bridgehead atoms. The number of urea groups is 1. The van der Waals surface area contributed by atoms with Crippen LogP contribution in [0.2, 0.25) is 0 Å². The largest absolute Gasteiger partial charge is 0.446 e. The Balaban J connectivity index is 1.54. The Kier molecular flexibility index (Phi) is 5.92. The van der Waals surface area contributed by atoms with Crippen LogP contribution in [0, 0.1) is 0 Å². The maximum atomic E-state index is 13.0. The number of rotatable bonds is 5. The number of halogens is 3. The van der Waals surface area contributed by atoms with Crippen molar-refractivity contribution in [3.05, 3.63) is 78.5 Å². The number of alkyl halides is 3. The normalized spacial score (nSPS) is 17.4. The number of anilines is 1. The van der Waals surface area contributed by atoms with Crippen LogP contribution in [0.15, 0.2) is 77.8 Å². The number of pyridine rings is 1. The number of benzene rings is 2. The molecule has 2 unspecified atom stereocenters. The number of hydrogen-bond acceptors (Lipinski definition) is 4. The first kappa shape index (κ1) is 21.9. The number of aromatic nitrogens is 1. The van der Waals surface area contributed by atoms with Crippen LogP contribution < -0.4 is 10.2 Å². The summed E-state index contributed by atoms with van der Waals surface area (Å²) in [5.74, 6) is -0.807. The predicted molar refractivity (Wildman–Crippen MR) is 116 cm³/mol. The van der Waals surface area contributed by atoms with Crippen molar-refractivity contribution in [2.45, 2.75) is 29.3 Å². The van der Waals surface area contributed by atoms with E-state index in [1.807, 2.05) is 43.3 Å². The van der Waals surface area contributed by atoms with Gasteiger partial charge in [-0.05, 0) is 53.7 Å². The van der Waals surface area contributed by atoms with Gasteiger partial charge in [0, 0.05) is 22.6 Å². The molecule has 3 aromatic rings. The Morgan fingerprint density at radius 1 is 1.03 bits per heavy atom. The summed E-state index contributed by atoms with van der Waals surface area (Å²) in [5, 5.41) is 2.69. The van der Waals surface area contributed by atoms with Gasteiger partial charge in [0.05, 0.1) is 11.4 Å². The van der Waals surface area contributed by atoms with E-state index in [-0.39, 0.29) is 28.3 Å². The SMILES string of the molecule is CC(c1ccnc(-c2ccccc2)c1)C1NC(=O)N(c2ccc(SC(F)(F)F)cc2)C1=O. The summed E-state index contributed by atoms with van der Waals surface area (Å²) in [7, 11) is 0. The van der Waals surface area contributed by atoms with Crippen LogP contribution in [0.5, 0.6) is 0 Å². The molecule has 164 valence electrons. The van der Waals surface area contributed by atoms with E-state index in [1.165, 1.54) is 24.3 Å². The van der Waals surface area contributed by atoms with Crippen LogP contribution >= 0.6 is 11.8 Å². The first-order valence-corrected chi connectivity index (χ1v) is 10.6. The number of carbonyl (C=O) groups is 2. The van der Waals surface area contributed by atoms with E-state index in [1.54, 1.807) is 12.3 Å². The lowest BCUT2D eigenvalue weighted by molar-refractivity contribution is -0.118. The van der Waals surface area contributed by atoms with Crippen molar-refractivity contribution >= 4 is 29.4 Å². The lowest BCUT2D eigenvalue weighted by atomic mass is 9.92. The Labute approximate surface area is 186 Å². The monoisotopic (exact) mass is 457 g/mol. The van der Waals surface area contributed by atoms with E-state index in [2.05, 4.69) is 10.3 Å². The van der Waals surface area contributed by atoms with E-state index in [9.17, 15) is 22.8 Å². The number of nitrogens with one attached hydrogen (secondary N) is 1. The van der Waals surface area contributed by atoms with E-state index in [4.69, 9.17) is 0 Å². The van der Waals surface area contributed by atoms with E-state index < -0.39 is 23.5 Å². The molecule has 0 aliphatic carbocycles. The molecular weight excluding hydrogens is 439 g/mol. The van der Waals surface area contributed by atoms with Crippen molar-refractivity contribution in [2.24, 2.45) is 0 Å². The molecule has 0 radical (unpaired) electrons. The van der Waals surface area contributed by atoms with Gasteiger partial charge in [-0.15, -0.1) is 0 Å². The molecule has 1 N–H and O–H groups in total. The Morgan fingerprint density at radius 2 is 1.72 bits per heavy atom. The third-order valence-electron chi connectivity index (χ3n) is 5.18. The van der Waals surface area contributed by atoms with Crippen LogP contribution in [0.25, 0.3) is 11.3 Å². The molecule has 9 heteroatoms. The second-order valence-electron chi connectivity index (χ2n) is 7.27. The zero-order valence-corrected chi connectivity index (χ0v) is 17.7. The van der Waals surface area contributed by atoms with Gasteiger partial charge >= 0.3 is 11.5 Å². The number of amides is 3. The van der Waals surface area contributed by atoms with Gasteiger partial charge in [0.15, 0.2) is 0 Å². The number of carbonyl (C=O) groups excluding carboxylic acids is 2. The second kappa shape index (κ2) is 8.66. The van der Waals surface area contributed by atoms with E-state index >= 15 is 0 Å². The third-order valence-corrected chi connectivity index (χ3v) is 5.92. The van der Waals surface area contributed by atoms with E-state index in [0.717, 1.165) is 21.7 Å². The maximum Gasteiger partial charge on any atom is 0.446 e. The number of nitrogens with zero attached hydrogens (tertiary/aromatic N) is 2. The molecule has 1 aliphatic rings. The highest BCUT2D eigenvalue weighted by molar-refractivity contribution is 8.00. The molecule has 1 saturated heterocycles. The number of hydrogen-bond donors (Lipinski definition) is 1. The minimum atomic E-state index is -4.41. The Morgan fingerprint density at radius 3 is 2.38 bits per heavy atom. The molecule has 1 aromatic heterocycles. The molecule has 0 saturated carbocycles. The number of thioether (sulfide) groups is 1. The quantitative estimate of drug-likeness (QED) is 0.401. The first-order valence-electron chi connectivity index (χ1n) is 9.74.